The maximum absolute atomic E-state index is 12.0. The monoisotopic (exact) mass is 280 g/mol. The molecular formula is C14H13N2NaO3. The van der Waals surface area contributed by atoms with Crippen LogP contribution in [0.3, 0.4) is 0 Å². The number of aliphatic carboxylic acids is 1. The molecule has 0 saturated heterocycles. The molecule has 1 amide bonds. The maximum atomic E-state index is 12.0. The number of benzene rings is 1. The fourth-order valence-corrected chi connectivity index (χ4v) is 2.68. The van der Waals surface area contributed by atoms with E-state index in [-0.39, 0.29) is 47.3 Å². The molecule has 1 aliphatic heterocycles. The Labute approximate surface area is 138 Å². The van der Waals surface area contributed by atoms with Crippen LogP contribution in [0, 0.1) is 11.8 Å². The van der Waals surface area contributed by atoms with E-state index in [9.17, 15) is 14.7 Å². The van der Waals surface area contributed by atoms with Crippen LogP contribution in [0.5, 0.6) is 0 Å². The summed E-state index contributed by atoms with van der Waals surface area (Å²) in [6.07, 6.45) is 1.74. The average Bonchev–Trinajstić information content (AvgIpc) is 2.34. The Bertz CT molecular complexity index is 559. The van der Waals surface area contributed by atoms with E-state index in [2.05, 4.69) is 5.10 Å². The first-order valence-corrected chi connectivity index (χ1v) is 6.32. The molecule has 20 heavy (non-hydrogen) atoms. The molecule has 1 aromatic carbocycles. The standard InChI is InChI=1S/C14H14N2O3.Na/c17-12(18)8-16-14(19)11-7-6-10(11)13(15-16)9-4-2-1-3-5-9;/h1-5,10-11H,6-8H2,(H,17,18);/q;+1/p-1. The molecule has 2 unspecified atom stereocenters. The average molecular weight is 280 g/mol. The van der Waals surface area contributed by atoms with Crippen molar-refractivity contribution in [2.45, 2.75) is 12.8 Å². The van der Waals surface area contributed by atoms with Gasteiger partial charge in [0.25, 0.3) is 0 Å². The van der Waals surface area contributed by atoms with Crippen LogP contribution in [0.4, 0.5) is 0 Å². The zero-order valence-electron chi connectivity index (χ0n) is 11.3. The Morgan fingerprint density at radius 2 is 1.90 bits per heavy atom. The minimum atomic E-state index is -1.29. The number of hydrogen-bond acceptors (Lipinski definition) is 4. The minimum Gasteiger partial charge on any atom is -0.548 e. The van der Waals surface area contributed by atoms with Crippen molar-refractivity contribution in [1.29, 1.82) is 0 Å². The Balaban J connectivity index is 0.00000147. The molecule has 1 aromatic rings. The Morgan fingerprint density at radius 3 is 2.45 bits per heavy atom. The molecule has 2 atom stereocenters. The summed E-state index contributed by atoms with van der Waals surface area (Å²) < 4.78 is 0. The molecule has 5 nitrogen and oxygen atoms in total. The largest absolute Gasteiger partial charge is 1.00 e. The Hall–Kier alpha value is -1.17. The van der Waals surface area contributed by atoms with Crippen LogP contribution in [0.2, 0.25) is 0 Å². The Kier molecular flexibility index (Phi) is 4.62. The molecule has 1 heterocycles. The molecule has 1 saturated carbocycles. The van der Waals surface area contributed by atoms with E-state index in [1.165, 1.54) is 0 Å². The smallest absolute Gasteiger partial charge is 0.548 e. The van der Waals surface area contributed by atoms with E-state index < -0.39 is 12.5 Å². The third kappa shape index (κ3) is 2.66. The summed E-state index contributed by atoms with van der Waals surface area (Å²) in [6, 6.07) is 9.59. The molecule has 0 radical (unpaired) electrons. The zero-order valence-corrected chi connectivity index (χ0v) is 13.3. The number of nitrogens with zero attached hydrogens (tertiary/aromatic N) is 2. The van der Waals surface area contributed by atoms with E-state index in [4.69, 9.17) is 0 Å². The first kappa shape index (κ1) is 15.2. The summed E-state index contributed by atoms with van der Waals surface area (Å²) in [4.78, 5) is 22.7. The molecule has 2 aliphatic rings. The van der Waals surface area contributed by atoms with Gasteiger partial charge in [-0.3, -0.25) is 4.79 Å². The molecule has 0 bridgehead atoms. The summed E-state index contributed by atoms with van der Waals surface area (Å²) in [5, 5.41) is 16.0. The van der Waals surface area contributed by atoms with Gasteiger partial charge < -0.3 is 9.90 Å². The maximum Gasteiger partial charge on any atom is 1.00 e. The van der Waals surface area contributed by atoms with Gasteiger partial charge in [-0.25, -0.2) is 5.01 Å². The quantitative estimate of drug-likeness (QED) is 0.554. The van der Waals surface area contributed by atoms with Gasteiger partial charge in [-0.1, -0.05) is 30.3 Å². The van der Waals surface area contributed by atoms with E-state index in [0.717, 1.165) is 29.1 Å². The van der Waals surface area contributed by atoms with E-state index in [1.807, 2.05) is 30.3 Å². The second-order valence-corrected chi connectivity index (χ2v) is 4.91. The SMILES string of the molecule is O=C([O-])CN1N=C(c2ccccc2)C2CCC2C1=O.[Na+]. The van der Waals surface area contributed by atoms with Crippen molar-refractivity contribution in [3.8, 4) is 0 Å². The molecule has 98 valence electrons. The summed E-state index contributed by atoms with van der Waals surface area (Å²) >= 11 is 0. The first-order valence-electron chi connectivity index (χ1n) is 6.32. The molecule has 0 spiro atoms. The number of carbonyl (C=O) groups is 2. The topological polar surface area (TPSA) is 72.8 Å². The number of carboxylic acid groups (broad SMARTS) is 1. The van der Waals surface area contributed by atoms with Crippen LogP contribution in [-0.2, 0) is 9.59 Å². The van der Waals surface area contributed by atoms with Crippen molar-refractivity contribution in [2.24, 2.45) is 16.9 Å². The van der Waals surface area contributed by atoms with Crippen molar-refractivity contribution in [2.75, 3.05) is 6.54 Å². The fraction of sp³-hybridized carbons (Fsp3) is 0.357. The van der Waals surface area contributed by atoms with Gasteiger partial charge >= 0.3 is 29.6 Å². The second kappa shape index (κ2) is 6.08. The van der Waals surface area contributed by atoms with Crippen LogP contribution in [0.15, 0.2) is 35.4 Å². The van der Waals surface area contributed by atoms with Gasteiger partial charge in [-0.15, -0.1) is 0 Å². The fourth-order valence-electron chi connectivity index (χ4n) is 2.68. The number of rotatable bonds is 3. The van der Waals surface area contributed by atoms with E-state index >= 15 is 0 Å². The van der Waals surface area contributed by atoms with Gasteiger partial charge in [0.2, 0.25) is 5.91 Å². The summed E-state index contributed by atoms with van der Waals surface area (Å²) in [7, 11) is 0. The van der Waals surface area contributed by atoms with Crippen molar-refractivity contribution < 1.29 is 44.3 Å². The van der Waals surface area contributed by atoms with Crippen molar-refractivity contribution in [1.82, 2.24) is 5.01 Å². The van der Waals surface area contributed by atoms with Crippen LogP contribution < -0.4 is 34.7 Å². The van der Waals surface area contributed by atoms with Crippen LogP contribution in [-0.4, -0.2) is 29.1 Å². The number of carbonyl (C=O) groups excluding carboxylic acids is 2. The van der Waals surface area contributed by atoms with Gasteiger partial charge in [-0.2, -0.15) is 5.10 Å². The van der Waals surface area contributed by atoms with Crippen LogP contribution >= 0.6 is 0 Å². The molecule has 1 aliphatic carbocycles. The third-order valence-corrected chi connectivity index (χ3v) is 3.77. The van der Waals surface area contributed by atoms with Gasteiger partial charge in [0.15, 0.2) is 0 Å². The summed E-state index contributed by atoms with van der Waals surface area (Å²) in [5.41, 5.74) is 1.77. The summed E-state index contributed by atoms with van der Waals surface area (Å²) in [5.74, 6) is -1.47. The van der Waals surface area contributed by atoms with Crippen LogP contribution in [0.25, 0.3) is 0 Å². The predicted molar refractivity (Wildman–Crippen MR) is 65.9 cm³/mol. The van der Waals surface area contributed by atoms with E-state index in [1.54, 1.807) is 0 Å². The normalized spacial score (nSPS) is 24.1. The summed E-state index contributed by atoms with van der Waals surface area (Å²) in [6.45, 7) is -0.474. The van der Waals surface area contributed by atoms with E-state index in [0.29, 0.717) is 0 Å². The molecule has 6 heteroatoms. The predicted octanol–water partition coefficient (Wildman–Crippen LogP) is -2.99. The number of fused-ring (bicyclic) bond motifs is 1. The number of amides is 1. The van der Waals surface area contributed by atoms with Gasteiger partial charge in [0.1, 0.15) is 0 Å². The minimum absolute atomic E-state index is 0. The molecule has 3 rings (SSSR count). The second-order valence-electron chi connectivity index (χ2n) is 4.91. The number of hydrazone groups is 1. The van der Waals surface area contributed by atoms with Gasteiger partial charge in [-0.05, 0) is 18.4 Å². The number of hydrogen-bond donors (Lipinski definition) is 0. The zero-order chi connectivity index (χ0) is 13.4. The third-order valence-electron chi connectivity index (χ3n) is 3.77. The van der Waals surface area contributed by atoms with Gasteiger partial charge in [0.05, 0.1) is 18.2 Å². The molecular weight excluding hydrogens is 267 g/mol. The first-order chi connectivity index (χ1) is 9.16. The molecule has 1 fully saturated rings. The van der Waals surface area contributed by atoms with Crippen molar-refractivity contribution in [3.63, 3.8) is 0 Å². The Morgan fingerprint density at radius 1 is 1.25 bits per heavy atom. The van der Waals surface area contributed by atoms with Crippen molar-refractivity contribution in [3.05, 3.63) is 35.9 Å². The molecule has 0 aromatic heterocycles. The number of carboxylic acids is 1. The molecule has 0 N–H and O–H groups in total. The van der Waals surface area contributed by atoms with Gasteiger partial charge in [0, 0.05) is 11.8 Å². The van der Waals surface area contributed by atoms with Crippen LogP contribution in [0.1, 0.15) is 18.4 Å². The van der Waals surface area contributed by atoms with Crippen molar-refractivity contribution >= 4 is 17.6 Å².